The van der Waals surface area contributed by atoms with Crippen LogP contribution in [-0.2, 0) is 11.3 Å². The number of nitrogens with zero attached hydrogens (tertiary/aromatic N) is 4. The van der Waals surface area contributed by atoms with Gasteiger partial charge in [0.1, 0.15) is 5.76 Å². The summed E-state index contributed by atoms with van der Waals surface area (Å²) in [5, 5.41) is 15.8. The molecule has 0 bridgehead atoms. The fourth-order valence-electron chi connectivity index (χ4n) is 3.92. The molecule has 1 aliphatic heterocycles. The Hall–Kier alpha value is -2.69. The third-order valence-electron chi connectivity index (χ3n) is 5.57. The van der Waals surface area contributed by atoms with E-state index in [0.717, 1.165) is 58.4 Å². The number of amides is 1. The molecule has 0 radical (unpaired) electrons. The van der Waals surface area contributed by atoms with Gasteiger partial charge in [-0.05, 0) is 44.0 Å². The molecule has 1 aromatic carbocycles. The molecule has 1 fully saturated rings. The molecule has 3 rings (SSSR count). The first-order valence-corrected chi connectivity index (χ1v) is 10.8. The Morgan fingerprint density at radius 2 is 2.07 bits per heavy atom. The van der Waals surface area contributed by atoms with E-state index in [4.69, 9.17) is 9.78 Å². The lowest BCUT2D eigenvalue weighted by atomic mass is 10.1. The van der Waals surface area contributed by atoms with Crippen LogP contribution in [0, 0.1) is 18.3 Å². The molecule has 2 heterocycles. The molecule has 0 saturated carbocycles. The minimum atomic E-state index is -0.156. The van der Waals surface area contributed by atoms with Crippen LogP contribution in [0.4, 0.5) is 5.82 Å². The number of carbonyl (C=O) groups is 1. The number of nitrogens with one attached hydrogen (secondary N) is 1. The summed E-state index contributed by atoms with van der Waals surface area (Å²) in [5.41, 5.74) is 1.90. The summed E-state index contributed by atoms with van der Waals surface area (Å²) in [6, 6.07) is 11.5. The van der Waals surface area contributed by atoms with E-state index in [2.05, 4.69) is 33.3 Å². The average Bonchev–Trinajstić information content (AvgIpc) is 3.02. The van der Waals surface area contributed by atoms with Gasteiger partial charge in [0.25, 0.3) is 0 Å². The van der Waals surface area contributed by atoms with Crippen molar-refractivity contribution in [2.45, 2.75) is 52.1 Å². The summed E-state index contributed by atoms with van der Waals surface area (Å²) in [4.78, 5) is 17.7. The molecule has 7 heteroatoms. The maximum Gasteiger partial charge on any atom is 0.242 e. The molecule has 1 atom stereocenters. The Morgan fingerprint density at radius 1 is 1.27 bits per heavy atom. The number of carbonyl (C=O) groups excluding carboxylic acids is 1. The smallest absolute Gasteiger partial charge is 0.242 e. The second kappa shape index (κ2) is 10.9. The van der Waals surface area contributed by atoms with Gasteiger partial charge in [-0.2, -0.15) is 5.26 Å². The zero-order chi connectivity index (χ0) is 21.3. The zero-order valence-electron chi connectivity index (χ0n) is 17.9. The number of rotatable bonds is 8. The lowest BCUT2D eigenvalue weighted by Crippen LogP contribution is -2.45. The van der Waals surface area contributed by atoms with Crippen molar-refractivity contribution in [3.8, 4) is 6.07 Å². The summed E-state index contributed by atoms with van der Waals surface area (Å²) < 4.78 is 5.07. The summed E-state index contributed by atoms with van der Waals surface area (Å²) >= 11 is 0. The van der Waals surface area contributed by atoms with Crippen LogP contribution in [0.25, 0.3) is 0 Å². The molecule has 1 amide bonds. The first-order valence-electron chi connectivity index (χ1n) is 10.8. The van der Waals surface area contributed by atoms with Crippen molar-refractivity contribution in [1.82, 2.24) is 15.0 Å². The highest BCUT2D eigenvalue weighted by molar-refractivity contribution is 5.94. The lowest BCUT2D eigenvalue weighted by Gasteiger charge is -2.29. The molecule has 1 aromatic heterocycles. The highest BCUT2D eigenvalue weighted by atomic mass is 16.5. The lowest BCUT2D eigenvalue weighted by molar-refractivity contribution is -0.121. The molecule has 0 spiro atoms. The Morgan fingerprint density at radius 3 is 2.73 bits per heavy atom. The molecule has 1 unspecified atom stereocenters. The van der Waals surface area contributed by atoms with E-state index in [1.165, 1.54) is 5.56 Å². The normalized spacial score (nSPS) is 16.6. The van der Waals surface area contributed by atoms with Crippen molar-refractivity contribution < 1.29 is 9.32 Å². The summed E-state index contributed by atoms with van der Waals surface area (Å²) in [6.07, 6.45) is 3.94. The maximum atomic E-state index is 13.0. The number of unbranched alkanes of at least 4 members (excludes halogenated alkanes) is 1. The van der Waals surface area contributed by atoms with E-state index in [9.17, 15) is 4.79 Å². The third kappa shape index (κ3) is 6.15. The van der Waals surface area contributed by atoms with Crippen LogP contribution in [0.3, 0.4) is 0 Å². The molecule has 1 saturated heterocycles. The van der Waals surface area contributed by atoms with Gasteiger partial charge in [-0.25, -0.2) is 0 Å². The minimum Gasteiger partial charge on any atom is -0.360 e. The molecule has 2 aromatic rings. The number of aromatic nitrogens is 1. The van der Waals surface area contributed by atoms with Crippen LogP contribution in [-0.4, -0.2) is 53.1 Å². The van der Waals surface area contributed by atoms with Gasteiger partial charge < -0.3 is 9.84 Å². The molecule has 1 N–H and O–H groups in total. The van der Waals surface area contributed by atoms with E-state index in [0.29, 0.717) is 17.1 Å². The molecule has 7 nitrogen and oxygen atoms in total. The average molecular weight is 410 g/mol. The molecule has 30 heavy (non-hydrogen) atoms. The van der Waals surface area contributed by atoms with Gasteiger partial charge in [-0.3, -0.25) is 14.6 Å². The van der Waals surface area contributed by atoms with E-state index in [-0.39, 0.29) is 11.9 Å². The zero-order valence-corrected chi connectivity index (χ0v) is 17.9. The number of nitriles is 1. The molecule has 1 aliphatic rings. The SMILES string of the molecule is CCCCC(C(=O)Nc1cc(C)on1)N1CCCN(Cc2ccc(C#N)cc2)CC1. The van der Waals surface area contributed by atoms with E-state index < -0.39 is 0 Å². The molecule has 0 aliphatic carbocycles. The van der Waals surface area contributed by atoms with E-state index in [1.807, 2.05) is 31.2 Å². The minimum absolute atomic E-state index is 0.00251. The van der Waals surface area contributed by atoms with Crippen molar-refractivity contribution in [2.75, 3.05) is 31.5 Å². The Bertz CT molecular complexity index is 855. The van der Waals surface area contributed by atoms with Gasteiger partial charge in [-0.1, -0.05) is 37.1 Å². The predicted molar refractivity (Wildman–Crippen MR) is 116 cm³/mol. The number of aryl methyl sites for hydroxylation is 1. The summed E-state index contributed by atoms with van der Waals surface area (Å²) in [7, 11) is 0. The van der Waals surface area contributed by atoms with Gasteiger partial charge in [0.2, 0.25) is 5.91 Å². The Balaban J connectivity index is 1.60. The highest BCUT2D eigenvalue weighted by Gasteiger charge is 2.28. The van der Waals surface area contributed by atoms with Crippen molar-refractivity contribution >= 4 is 11.7 Å². The maximum absolute atomic E-state index is 13.0. The number of hydrogen-bond acceptors (Lipinski definition) is 6. The quantitative estimate of drug-likeness (QED) is 0.717. The van der Waals surface area contributed by atoms with Crippen LogP contribution in [0.15, 0.2) is 34.9 Å². The highest BCUT2D eigenvalue weighted by Crippen LogP contribution is 2.17. The second-order valence-corrected chi connectivity index (χ2v) is 7.94. The van der Waals surface area contributed by atoms with Crippen molar-refractivity contribution in [1.29, 1.82) is 5.26 Å². The largest absolute Gasteiger partial charge is 0.360 e. The first kappa shape index (κ1) is 22.0. The van der Waals surface area contributed by atoms with Crippen LogP contribution in [0.2, 0.25) is 0 Å². The number of benzene rings is 1. The summed E-state index contributed by atoms with van der Waals surface area (Å²) in [6.45, 7) is 8.51. The fraction of sp³-hybridized carbons (Fsp3) is 0.522. The monoisotopic (exact) mass is 409 g/mol. The Labute approximate surface area is 178 Å². The van der Waals surface area contributed by atoms with E-state index in [1.54, 1.807) is 6.07 Å². The molecule has 160 valence electrons. The standard InChI is InChI=1S/C23H31N5O2/c1-3-4-6-21(23(29)25-22-15-18(2)30-26-22)28-12-5-11-27(13-14-28)17-20-9-7-19(16-24)8-10-20/h7-10,15,21H,3-6,11-14,17H2,1-2H3,(H,25,26,29). The van der Waals surface area contributed by atoms with Gasteiger partial charge in [-0.15, -0.1) is 0 Å². The van der Waals surface area contributed by atoms with Crippen molar-refractivity contribution in [3.63, 3.8) is 0 Å². The van der Waals surface area contributed by atoms with Crippen molar-refractivity contribution in [3.05, 3.63) is 47.2 Å². The molecular weight excluding hydrogens is 378 g/mol. The van der Waals surface area contributed by atoms with Crippen LogP contribution >= 0.6 is 0 Å². The Kier molecular flexibility index (Phi) is 8.00. The predicted octanol–water partition coefficient (Wildman–Crippen LogP) is 3.56. The first-order chi connectivity index (χ1) is 14.6. The van der Waals surface area contributed by atoms with Gasteiger partial charge in [0.15, 0.2) is 5.82 Å². The fourth-order valence-corrected chi connectivity index (χ4v) is 3.92. The molecular formula is C23H31N5O2. The number of anilines is 1. The van der Waals surface area contributed by atoms with Crippen LogP contribution < -0.4 is 5.32 Å². The van der Waals surface area contributed by atoms with Crippen molar-refractivity contribution in [2.24, 2.45) is 0 Å². The van der Waals surface area contributed by atoms with Crippen LogP contribution in [0.5, 0.6) is 0 Å². The van der Waals surface area contributed by atoms with Gasteiger partial charge in [0, 0.05) is 32.2 Å². The van der Waals surface area contributed by atoms with E-state index >= 15 is 0 Å². The third-order valence-corrected chi connectivity index (χ3v) is 5.57. The summed E-state index contributed by atoms with van der Waals surface area (Å²) in [5.74, 6) is 1.16. The van der Waals surface area contributed by atoms with Gasteiger partial charge in [0.05, 0.1) is 17.7 Å². The topological polar surface area (TPSA) is 85.4 Å². The number of hydrogen-bond donors (Lipinski definition) is 1. The van der Waals surface area contributed by atoms with Crippen LogP contribution in [0.1, 0.15) is 49.5 Å². The second-order valence-electron chi connectivity index (χ2n) is 7.94. The van der Waals surface area contributed by atoms with Gasteiger partial charge >= 0.3 is 0 Å².